The van der Waals surface area contributed by atoms with Crippen molar-refractivity contribution in [1.82, 2.24) is 4.90 Å². The third-order valence-electron chi connectivity index (χ3n) is 4.47. The van der Waals surface area contributed by atoms with E-state index in [0.29, 0.717) is 32.1 Å². The zero-order chi connectivity index (χ0) is 21.8. The van der Waals surface area contributed by atoms with Crippen molar-refractivity contribution < 1.29 is 19.1 Å². The summed E-state index contributed by atoms with van der Waals surface area (Å²) in [5.74, 6) is 0.141. The van der Waals surface area contributed by atoms with Gasteiger partial charge in [0.25, 0.3) is 5.91 Å². The molecule has 2 aromatic carbocycles. The Morgan fingerprint density at radius 1 is 1.10 bits per heavy atom. The lowest BCUT2D eigenvalue weighted by atomic mass is 10.1. The molecule has 156 valence electrons. The zero-order valence-corrected chi connectivity index (χ0v) is 18.9. The van der Waals surface area contributed by atoms with Crippen LogP contribution in [0.4, 0.5) is 0 Å². The van der Waals surface area contributed by atoms with Crippen molar-refractivity contribution in [3.05, 3.63) is 87.0 Å². The molecular weight excluding hydrogens is 450 g/mol. The summed E-state index contributed by atoms with van der Waals surface area (Å²) < 4.78 is 11.4. The van der Waals surface area contributed by atoms with E-state index >= 15 is 0 Å². The lowest BCUT2D eigenvalue weighted by Gasteiger charge is -2.14. The molecule has 0 radical (unpaired) electrons. The molecule has 0 spiro atoms. The van der Waals surface area contributed by atoms with Gasteiger partial charge in [0.05, 0.1) is 18.6 Å². The minimum atomic E-state index is -0.442. The van der Waals surface area contributed by atoms with Crippen LogP contribution in [0, 0.1) is 0 Å². The van der Waals surface area contributed by atoms with Crippen LogP contribution in [-0.4, -0.2) is 28.2 Å². The van der Waals surface area contributed by atoms with Crippen molar-refractivity contribution in [2.75, 3.05) is 7.11 Å². The smallest absolute Gasteiger partial charge is 0.353 e. The highest BCUT2D eigenvalue weighted by Crippen LogP contribution is 2.35. The number of esters is 1. The summed E-state index contributed by atoms with van der Waals surface area (Å²) in [4.78, 5) is 27.7. The van der Waals surface area contributed by atoms with Crippen LogP contribution in [0.3, 0.4) is 0 Å². The number of benzene rings is 2. The maximum Gasteiger partial charge on any atom is 0.353 e. The summed E-state index contributed by atoms with van der Waals surface area (Å²) in [6, 6.07) is 18.4. The number of thiocarbonyl (C=S) groups is 1. The molecule has 3 aromatic rings. The number of ether oxygens (including phenoxy) is 2. The largest absolute Gasteiger partial charge is 0.493 e. The molecule has 2 heterocycles. The molecule has 0 unspecified atom stereocenters. The Labute approximate surface area is 193 Å². The lowest BCUT2D eigenvalue weighted by Crippen LogP contribution is -2.27. The molecule has 5 nitrogen and oxygen atoms in total. The number of amides is 1. The van der Waals surface area contributed by atoms with Gasteiger partial charge < -0.3 is 9.47 Å². The summed E-state index contributed by atoms with van der Waals surface area (Å²) in [6.45, 7) is 0.434. The quantitative estimate of drug-likeness (QED) is 0.210. The number of thiophene rings is 1. The molecule has 4 rings (SSSR count). The Kier molecular flexibility index (Phi) is 6.50. The minimum Gasteiger partial charge on any atom is -0.493 e. The number of methoxy groups -OCH3 is 1. The summed E-state index contributed by atoms with van der Waals surface area (Å²) in [5.41, 5.74) is 1.76. The second-order valence-corrected chi connectivity index (χ2v) is 9.15. The molecule has 1 aliphatic heterocycles. The Balaban J connectivity index is 1.52. The van der Waals surface area contributed by atoms with Gasteiger partial charge in [-0.2, -0.15) is 0 Å². The highest BCUT2D eigenvalue weighted by Gasteiger charge is 2.32. The molecule has 1 amide bonds. The van der Waals surface area contributed by atoms with E-state index < -0.39 is 5.97 Å². The summed E-state index contributed by atoms with van der Waals surface area (Å²) in [6.07, 6.45) is 1.76. The third kappa shape index (κ3) is 4.87. The van der Waals surface area contributed by atoms with Crippen molar-refractivity contribution in [3.63, 3.8) is 0 Å². The average molecular weight is 468 g/mol. The van der Waals surface area contributed by atoms with E-state index in [1.165, 1.54) is 30.2 Å². The number of carbonyl (C=O) groups is 2. The predicted octanol–water partition coefficient (Wildman–Crippen LogP) is 5.38. The molecular formula is C23H17NO4S3. The van der Waals surface area contributed by atoms with Gasteiger partial charge in [0.15, 0.2) is 11.5 Å². The predicted molar refractivity (Wildman–Crippen MR) is 127 cm³/mol. The first-order valence-corrected chi connectivity index (χ1v) is 11.4. The fraction of sp³-hybridized carbons (Fsp3) is 0.0870. The number of hydrogen-bond donors (Lipinski definition) is 0. The van der Waals surface area contributed by atoms with Gasteiger partial charge in [0.1, 0.15) is 9.20 Å². The van der Waals surface area contributed by atoms with Crippen molar-refractivity contribution in [2.45, 2.75) is 6.54 Å². The number of thioether (sulfide) groups is 1. The van der Waals surface area contributed by atoms with Crippen molar-refractivity contribution in [1.29, 1.82) is 0 Å². The van der Waals surface area contributed by atoms with Crippen molar-refractivity contribution in [2.24, 2.45) is 0 Å². The Hall–Kier alpha value is -2.94. The number of nitrogens with zero attached hydrogens (tertiary/aromatic N) is 1. The normalized spacial score (nSPS) is 14.9. The van der Waals surface area contributed by atoms with E-state index in [4.69, 9.17) is 21.7 Å². The molecule has 8 heteroatoms. The van der Waals surface area contributed by atoms with Crippen LogP contribution < -0.4 is 9.47 Å². The first-order valence-electron chi connectivity index (χ1n) is 9.28. The Morgan fingerprint density at radius 2 is 1.90 bits per heavy atom. The fourth-order valence-electron chi connectivity index (χ4n) is 2.96. The highest BCUT2D eigenvalue weighted by atomic mass is 32.2. The number of rotatable bonds is 6. The molecule has 0 saturated carbocycles. The molecule has 0 N–H and O–H groups in total. The molecule has 31 heavy (non-hydrogen) atoms. The second kappa shape index (κ2) is 9.47. The van der Waals surface area contributed by atoms with Crippen molar-refractivity contribution >= 4 is 57.6 Å². The van der Waals surface area contributed by atoms with Gasteiger partial charge in [-0.3, -0.25) is 9.69 Å². The summed E-state index contributed by atoms with van der Waals surface area (Å²) in [7, 11) is 1.50. The van der Waals surface area contributed by atoms with Crippen LogP contribution in [0.1, 0.15) is 20.8 Å². The topological polar surface area (TPSA) is 55.8 Å². The van der Waals surface area contributed by atoms with Gasteiger partial charge in [-0.15, -0.1) is 11.3 Å². The summed E-state index contributed by atoms with van der Waals surface area (Å²) >= 11 is 7.99. The SMILES string of the molecule is COc1cc(/C=C2\SC(=S)N(Cc3ccccc3)C2=O)ccc1OC(=O)c1cccs1. The van der Waals surface area contributed by atoms with Gasteiger partial charge in [-0.1, -0.05) is 66.4 Å². The Bertz CT molecular complexity index is 1160. The average Bonchev–Trinajstić information content (AvgIpc) is 3.41. The van der Waals surface area contributed by atoms with Gasteiger partial charge in [-0.25, -0.2) is 4.79 Å². The van der Waals surface area contributed by atoms with E-state index in [-0.39, 0.29) is 5.91 Å². The molecule has 1 aromatic heterocycles. The zero-order valence-electron chi connectivity index (χ0n) is 16.4. The molecule has 0 atom stereocenters. The lowest BCUT2D eigenvalue weighted by molar-refractivity contribution is -0.122. The number of hydrogen-bond acceptors (Lipinski definition) is 7. The molecule has 0 aliphatic carbocycles. The maximum absolute atomic E-state index is 12.9. The highest BCUT2D eigenvalue weighted by molar-refractivity contribution is 8.26. The van der Waals surface area contributed by atoms with Crippen LogP contribution in [-0.2, 0) is 11.3 Å². The van der Waals surface area contributed by atoms with E-state index in [9.17, 15) is 9.59 Å². The molecule has 1 aliphatic rings. The van der Waals surface area contributed by atoms with E-state index in [1.54, 1.807) is 41.3 Å². The van der Waals surface area contributed by atoms with Crippen LogP contribution in [0.25, 0.3) is 6.08 Å². The molecule has 1 saturated heterocycles. The van der Waals surface area contributed by atoms with E-state index in [0.717, 1.165) is 11.1 Å². The van der Waals surface area contributed by atoms with Crippen LogP contribution in [0.15, 0.2) is 70.9 Å². The van der Waals surface area contributed by atoms with Crippen LogP contribution >= 0.6 is 35.3 Å². The van der Waals surface area contributed by atoms with E-state index in [2.05, 4.69) is 0 Å². The van der Waals surface area contributed by atoms with Gasteiger partial charge in [0.2, 0.25) is 0 Å². The monoisotopic (exact) mass is 467 g/mol. The van der Waals surface area contributed by atoms with Gasteiger partial charge >= 0.3 is 5.97 Å². The van der Waals surface area contributed by atoms with Gasteiger partial charge in [0, 0.05) is 0 Å². The second-order valence-electron chi connectivity index (χ2n) is 6.53. The van der Waals surface area contributed by atoms with Crippen LogP contribution in [0.2, 0.25) is 0 Å². The van der Waals surface area contributed by atoms with E-state index in [1.807, 2.05) is 35.7 Å². The third-order valence-corrected chi connectivity index (χ3v) is 6.70. The van der Waals surface area contributed by atoms with Crippen molar-refractivity contribution in [3.8, 4) is 11.5 Å². The van der Waals surface area contributed by atoms with Gasteiger partial charge in [-0.05, 0) is 40.8 Å². The molecule has 1 fully saturated rings. The maximum atomic E-state index is 12.9. The first kappa shape index (κ1) is 21.3. The summed E-state index contributed by atoms with van der Waals surface area (Å²) in [5, 5.41) is 1.81. The number of carbonyl (C=O) groups excluding carboxylic acids is 2. The Morgan fingerprint density at radius 3 is 2.61 bits per heavy atom. The fourth-order valence-corrected chi connectivity index (χ4v) is 4.81. The minimum absolute atomic E-state index is 0.133. The van der Waals surface area contributed by atoms with Crippen LogP contribution in [0.5, 0.6) is 11.5 Å². The standard InChI is InChI=1S/C23H17NO4S3/c1-27-18-12-16(9-10-17(18)28-22(26)19-8-5-11-30-19)13-20-21(25)24(23(29)31-20)14-15-6-3-2-4-7-15/h2-13H,14H2,1H3/b20-13-. The first-order chi connectivity index (χ1) is 15.0. The molecule has 0 bridgehead atoms.